The van der Waals surface area contributed by atoms with Gasteiger partial charge in [0.15, 0.2) is 0 Å². The normalized spacial score (nSPS) is 25.3. The van der Waals surface area contributed by atoms with Crippen LogP contribution in [0, 0.1) is 6.92 Å². The fourth-order valence-corrected chi connectivity index (χ4v) is 3.68. The first-order chi connectivity index (χ1) is 8.22. The number of piperidine rings is 1. The number of rotatable bonds is 1. The zero-order valence-electron chi connectivity index (χ0n) is 10.4. The number of aromatic nitrogens is 1. The van der Waals surface area contributed by atoms with E-state index >= 15 is 0 Å². The molecule has 1 saturated heterocycles. The lowest BCUT2D eigenvalue weighted by atomic mass is 9.94. The monoisotopic (exact) mass is 246 g/mol. The summed E-state index contributed by atoms with van der Waals surface area (Å²) in [5.74, 6) is 0.656. The molecule has 90 valence electrons. The first-order valence-electron chi connectivity index (χ1n) is 6.33. The predicted octanol–water partition coefficient (Wildman–Crippen LogP) is 3.46. The van der Waals surface area contributed by atoms with E-state index in [-0.39, 0.29) is 0 Å². The summed E-state index contributed by atoms with van der Waals surface area (Å²) in [7, 11) is 0. The molecule has 3 heteroatoms. The molecular formula is C14H18N2S. The van der Waals surface area contributed by atoms with Crippen molar-refractivity contribution in [1.29, 1.82) is 0 Å². The summed E-state index contributed by atoms with van der Waals surface area (Å²) in [6.07, 6.45) is 2.45. The minimum Gasteiger partial charge on any atom is -0.314 e. The van der Waals surface area contributed by atoms with Crippen LogP contribution in [0.4, 0.5) is 0 Å². The Morgan fingerprint density at radius 3 is 3.12 bits per heavy atom. The Balaban J connectivity index is 1.94. The summed E-state index contributed by atoms with van der Waals surface area (Å²) in [6.45, 7) is 5.52. The maximum Gasteiger partial charge on any atom is 0.0970 e. The van der Waals surface area contributed by atoms with E-state index in [4.69, 9.17) is 4.98 Å². The van der Waals surface area contributed by atoms with Crippen molar-refractivity contribution in [2.24, 2.45) is 0 Å². The highest BCUT2D eigenvalue weighted by Gasteiger charge is 2.22. The van der Waals surface area contributed by atoms with Crippen LogP contribution in [0.2, 0.25) is 0 Å². The Bertz CT molecular complexity index is 532. The van der Waals surface area contributed by atoms with Crippen molar-refractivity contribution in [2.45, 2.75) is 38.6 Å². The van der Waals surface area contributed by atoms with E-state index in [0.717, 1.165) is 6.54 Å². The molecule has 1 aromatic heterocycles. The lowest BCUT2D eigenvalue weighted by Crippen LogP contribution is -2.34. The maximum atomic E-state index is 4.82. The molecule has 0 saturated carbocycles. The third kappa shape index (κ3) is 2.22. The highest BCUT2D eigenvalue weighted by atomic mass is 32.1. The fraction of sp³-hybridized carbons (Fsp3) is 0.500. The molecule has 0 bridgehead atoms. The van der Waals surface area contributed by atoms with E-state index in [1.54, 1.807) is 0 Å². The van der Waals surface area contributed by atoms with Gasteiger partial charge in [-0.2, -0.15) is 0 Å². The Kier molecular flexibility index (Phi) is 2.89. The molecule has 0 amide bonds. The van der Waals surface area contributed by atoms with E-state index in [9.17, 15) is 0 Å². The summed E-state index contributed by atoms with van der Waals surface area (Å²) in [4.78, 5) is 4.82. The number of hydrogen-bond donors (Lipinski definition) is 1. The van der Waals surface area contributed by atoms with Crippen LogP contribution >= 0.6 is 11.3 Å². The van der Waals surface area contributed by atoms with Crippen LogP contribution in [0.15, 0.2) is 18.2 Å². The molecule has 17 heavy (non-hydrogen) atoms. The van der Waals surface area contributed by atoms with E-state index in [1.165, 1.54) is 33.6 Å². The number of benzene rings is 1. The fourth-order valence-electron chi connectivity index (χ4n) is 2.59. The molecule has 0 spiro atoms. The second kappa shape index (κ2) is 4.39. The van der Waals surface area contributed by atoms with Crippen LogP contribution in [0.25, 0.3) is 10.2 Å². The van der Waals surface area contributed by atoms with E-state index in [2.05, 4.69) is 37.4 Å². The van der Waals surface area contributed by atoms with Crippen LogP contribution in [0.1, 0.15) is 36.3 Å². The number of fused-ring (bicyclic) bond motifs is 1. The molecule has 2 nitrogen and oxygen atoms in total. The molecule has 0 aliphatic carbocycles. The molecule has 1 aliphatic heterocycles. The molecule has 3 rings (SSSR count). The van der Waals surface area contributed by atoms with Crippen molar-refractivity contribution >= 4 is 21.6 Å². The zero-order chi connectivity index (χ0) is 11.8. The third-order valence-corrected chi connectivity index (χ3v) is 4.73. The molecule has 1 fully saturated rings. The molecule has 2 aromatic rings. The van der Waals surface area contributed by atoms with Gasteiger partial charge in [-0.05, 0) is 50.9 Å². The average Bonchev–Trinajstić information content (AvgIpc) is 2.72. The van der Waals surface area contributed by atoms with Gasteiger partial charge in [-0.25, -0.2) is 4.98 Å². The molecule has 1 aliphatic rings. The largest absolute Gasteiger partial charge is 0.314 e. The first kappa shape index (κ1) is 11.2. The SMILES string of the molecule is Cc1ccc2sc(C3CCNC(C)C3)nc2c1. The van der Waals surface area contributed by atoms with Gasteiger partial charge in [0.2, 0.25) is 0 Å². The van der Waals surface area contributed by atoms with Gasteiger partial charge in [0.1, 0.15) is 0 Å². The van der Waals surface area contributed by atoms with E-state index in [1.807, 2.05) is 11.3 Å². The highest BCUT2D eigenvalue weighted by molar-refractivity contribution is 7.18. The number of thiazole rings is 1. The van der Waals surface area contributed by atoms with Crippen molar-refractivity contribution in [1.82, 2.24) is 10.3 Å². The molecule has 0 radical (unpaired) electrons. The van der Waals surface area contributed by atoms with Gasteiger partial charge in [-0.3, -0.25) is 0 Å². The van der Waals surface area contributed by atoms with Crippen LogP contribution in [-0.2, 0) is 0 Å². The minimum atomic E-state index is 0.627. The van der Waals surface area contributed by atoms with Crippen molar-refractivity contribution < 1.29 is 0 Å². The van der Waals surface area contributed by atoms with Crippen LogP contribution in [0.3, 0.4) is 0 Å². The zero-order valence-corrected chi connectivity index (χ0v) is 11.2. The smallest absolute Gasteiger partial charge is 0.0970 e. The molecular weight excluding hydrogens is 228 g/mol. The van der Waals surface area contributed by atoms with Gasteiger partial charge in [-0.15, -0.1) is 11.3 Å². The lowest BCUT2D eigenvalue weighted by Gasteiger charge is -2.26. The second-order valence-electron chi connectivity index (χ2n) is 5.10. The Morgan fingerprint density at radius 1 is 1.41 bits per heavy atom. The molecule has 1 N–H and O–H groups in total. The average molecular weight is 246 g/mol. The standard InChI is InChI=1S/C14H18N2S/c1-9-3-4-13-12(7-9)16-14(17-13)11-5-6-15-10(2)8-11/h3-4,7,10-11,15H,5-6,8H2,1-2H3. The van der Waals surface area contributed by atoms with Gasteiger partial charge >= 0.3 is 0 Å². The Morgan fingerprint density at radius 2 is 2.29 bits per heavy atom. The number of nitrogens with zero attached hydrogens (tertiary/aromatic N) is 1. The van der Waals surface area contributed by atoms with Crippen LogP contribution < -0.4 is 5.32 Å². The van der Waals surface area contributed by atoms with Gasteiger partial charge in [0, 0.05) is 12.0 Å². The van der Waals surface area contributed by atoms with Crippen molar-refractivity contribution in [2.75, 3.05) is 6.54 Å². The molecule has 2 unspecified atom stereocenters. The van der Waals surface area contributed by atoms with Crippen molar-refractivity contribution in [3.8, 4) is 0 Å². The number of nitrogens with one attached hydrogen (secondary N) is 1. The minimum absolute atomic E-state index is 0.627. The summed E-state index contributed by atoms with van der Waals surface area (Å²) < 4.78 is 1.33. The van der Waals surface area contributed by atoms with Crippen molar-refractivity contribution in [3.63, 3.8) is 0 Å². The third-order valence-electron chi connectivity index (χ3n) is 3.53. The van der Waals surface area contributed by atoms with Gasteiger partial charge < -0.3 is 5.32 Å². The van der Waals surface area contributed by atoms with Gasteiger partial charge in [0.05, 0.1) is 15.2 Å². The van der Waals surface area contributed by atoms with Crippen LogP contribution in [-0.4, -0.2) is 17.6 Å². The predicted molar refractivity (Wildman–Crippen MR) is 73.8 cm³/mol. The van der Waals surface area contributed by atoms with Gasteiger partial charge in [0.25, 0.3) is 0 Å². The van der Waals surface area contributed by atoms with Crippen LogP contribution in [0.5, 0.6) is 0 Å². The summed E-state index contributed by atoms with van der Waals surface area (Å²) in [6, 6.07) is 7.20. The summed E-state index contributed by atoms with van der Waals surface area (Å²) in [5, 5.41) is 4.83. The van der Waals surface area contributed by atoms with E-state index < -0.39 is 0 Å². The summed E-state index contributed by atoms with van der Waals surface area (Å²) >= 11 is 1.88. The topological polar surface area (TPSA) is 24.9 Å². The first-order valence-corrected chi connectivity index (χ1v) is 7.14. The van der Waals surface area contributed by atoms with Crippen molar-refractivity contribution in [3.05, 3.63) is 28.8 Å². The highest BCUT2D eigenvalue weighted by Crippen LogP contribution is 2.33. The Labute approximate surface area is 106 Å². The number of hydrogen-bond acceptors (Lipinski definition) is 3. The molecule has 2 heterocycles. The van der Waals surface area contributed by atoms with Gasteiger partial charge in [-0.1, -0.05) is 6.07 Å². The lowest BCUT2D eigenvalue weighted by molar-refractivity contribution is 0.381. The number of aryl methyl sites for hydroxylation is 1. The molecule has 2 atom stereocenters. The van der Waals surface area contributed by atoms with E-state index in [0.29, 0.717) is 12.0 Å². The summed E-state index contributed by atoms with van der Waals surface area (Å²) in [5.41, 5.74) is 2.48. The molecule has 1 aromatic carbocycles. The quantitative estimate of drug-likeness (QED) is 0.833. The second-order valence-corrected chi connectivity index (χ2v) is 6.16. The Hall–Kier alpha value is -0.930. The maximum absolute atomic E-state index is 4.82.